The van der Waals surface area contributed by atoms with Crippen molar-refractivity contribution in [3.63, 3.8) is 0 Å². The average Bonchev–Trinajstić information content (AvgIpc) is 2.64. The van der Waals surface area contributed by atoms with Crippen LogP contribution < -0.4 is 9.62 Å². The molecule has 2 rings (SSSR count). The second-order valence-corrected chi connectivity index (χ2v) is 7.93. The predicted octanol–water partition coefficient (Wildman–Crippen LogP) is 2.59. The number of benzene rings is 2. The van der Waals surface area contributed by atoms with Crippen molar-refractivity contribution in [2.24, 2.45) is 0 Å². The van der Waals surface area contributed by atoms with Gasteiger partial charge in [0.15, 0.2) is 0 Å². The second kappa shape index (κ2) is 9.22. The fraction of sp³-hybridized carbons (Fsp3) is 0.316. The number of sulfonamides is 1. The molecule has 2 aromatic rings. The van der Waals surface area contributed by atoms with E-state index in [1.54, 1.807) is 24.3 Å². The number of rotatable bonds is 9. The molecule has 0 saturated carbocycles. The highest BCUT2D eigenvalue weighted by molar-refractivity contribution is 7.92. The molecular formula is C19H24N2O3S. The predicted molar refractivity (Wildman–Crippen MR) is 101 cm³/mol. The summed E-state index contributed by atoms with van der Waals surface area (Å²) in [5.74, 6) is -0.443. The van der Waals surface area contributed by atoms with Gasteiger partial charge in [0, 0.05) is 20.0 Å². The van der Waals surface area contributed by atoms with Crippen molar-refractivity contribution in [1.82, 2.24) is 5.32 Å². The first-order chi connectivity index (χ1) is 12.0. The summed E-state index contributed by atoms with van der Waals surface area (Å²) in [6.45, 7) is 0.544. The lowest BCUT2D eigenvalue weighted by atomic mass is 10.1. The van der Waals surface area contributed by atoms with Crippen molar-refractivity contribution in [3.8, 4) is 0 Å². The lowest BCUT2D eigenvalue weighted by molar-refractivity contribution is -0.120. The highest BCUT2D eigenvalue weighted by Gasteiger charge is 2.19. The van der Waals surface area contributed by atoms with Gasteiger partial charge in [-0.1, -0.05) is 48.5 Å². The van der Waals surface area contributed by atoms with Crippen molar-refractivity contribution in [3.05, 3.63) is 66.2 Å². The van der Waals surface area contributed by atoms with Crippen LogP contribution in [-0.2, 0) is 21.2 Å². The number of nitrogens with zero attached hydrogens (tertiary/aromatic N) is 1. The standard InChI is InChI=1S/C19H24N2O3S/c1-21(18-12-6-3-7-13-18)25(23,24)16-14-19(22)20-15-8-11-17-9-4-2-5-10-17/h2-7,9-10,12-13H,8,11,14-16H2,1H3,(H,20,22). The molecule has 0 aliphatic carbocycles. The third-order valence-corrected chi connectivity index (χ3v) is 5.70. The van der Waals surface area contributed by atoms with Gasteiger partial charge in [-0.3, -0.25) is 9.10 Å². The lowest BCUT2D eigenvalue weighted by Crippen LogP contribution is -2.32. The van der Waals surface area contributed by atoms with Gasteiger partial charge >= 0.3 is 0 Å². The Bertz CT molecular complexity index is 762. The molecular weight excluding hydrogens is 336 g/mol. The number of anilines is 1. The third kappa shape index (κ3) is 6.23. The van der Waals surface area contributed by atoms with Gasteiger partial charge < -0.3 is 5.32 Å². The summed E-state index contributed by atoms with van der Waals surface area (Å²) in [5, 5.41) is 2.78. The van der Waals surface area contributed by atoms with Gasteiger partial charge in [0.1, 0.15) is 0 Å². The normalized spacial score (nSPS) is 11.1. The Morgan fingerprint density at radius 3 is 2.24 bits per heavy atom. The number of aryl methyl sites for hydroxylation is 1. The van der Waals surface area contributed by atoms with Gasteiger partial charge in [-0.05, 0) is 30.5 Å². The van der Waals surface area contributed by atoms with E-state index < -0.39 is 10.0 Å². The number of nitrogens with one attached hydrogen (secondary N) is 1. The first kappa shape index (κ1) is 19.0. The monoisotopic (exact) mass is 360 g/mol. The summed E-state index contributed by atoms with van der Waals surface area (Å²) in [7, 11) is -2.01. The average molecular weight is 360 g/mol. The Hall–Kier alpha value is -2.34. The minimum absolute atomic E-state index is 0.0369. The minimum Gasteiger partial charge on any atom is -0.356 e. The summed E-state index contributed by atoms with van der Waals surface area (Å²) in [4.78, 5) is 11.9. The van der Waals surface area contributed by atoms with E-state index in [4.69, 9.17) is 0 Å². The van der Waals surface area contributed by atoms with E-state index in [0.29, 0.717) is 12.2 Å². The summed E-state index contributed by atoms with van der Waals surface area (Å²) >= 11 is 0. The topological polar surface area (TPSA) is 66.5 Å². The molecule has 0 aliphatic heterocycles. The summed E-state index contributed by atoms with van der Waals surface area (Å²) < 4.78 is 25.8. The molecule has 0 atom stereocenters. The Kier molecular flexibility index (Phi) is 7.01. The Morgan fingerprint density at radius 2 is 1.60 bits per heavy atom. The fourth-order valence-corrected chi connectivity index (χ4v) is 3.57. The molecule has 0 aliphatic rings. The maximum absolute atomic E-state index is 12.3. The SMILES string of the molecule is CN(c1ccccc1)S(=O)(=O)CCC(=O)NCCCc1ccccc1. The quantitative estimate of drug-likeness (QED) is 0.699. The summed E-state index contributed by atoms with van der Waals surface area (Å²) in [6, 6.07) is 18.9. The highest BCUT2D eigenvalue weighted by atomic mass is 32.2. The molecule has 0 fully saturated rings. The number of carbonyl (C=O) groups is 1. The molecule has 134 valence electrons. The van der Waals surface area contributed by atoms with Crippen LogP contribution in [0.4, 0.5) is 5.69 Å². The zero-order valence-electron chi connectivity index (χ0n) is 14.4. The number of hydrogen-bond donors (Lipinski definition) is 1. The van der Waals surface area contributed by atoms with E-state index in [0.717, 1.165) is 12.8 Å². The largest absolute Gasteiger partial charge is 0.356 e. The zero-order valence-corrected chi connectivity index (χ0v) is 15.2. The maximum Gasteiger partial charge on any atom is 0.235 e. The molecule has 0 aromatic heterocycles. The lowest BCUT2D eigenvalue weighted by Gasteiger charge is -2.19. The van der Waals surface area contributed by atoms with Crippen LogP contribution in [0, 0.1) is 0 Å². The van der Waals surface area contributed by atoms with Crippen molar-refractivity contribution in [2.75, 3.05) is 23.7 Å². The van der Waals surface area contributed by atoms with Crippen LogP contribution in [0.15, 0.2) is 60.7 Å². The Morgan fingerprint density at radius 1 is 1.00 bits per heavy atom. The molecule has 0 radical (unpaired) electrons. The van der Waals surface area contributed by atoms with Crippen LogP contribution in [0.3, 0.4) is 0 Å². The van der Waals surface area contributed by atoms with Gasteiger partial charge in [0.2, 0.25) is 15.9 Å². The highest BCUT2D eigenvalue weighted by Crippen LogP contribution is 2.15. The number of amides is 1. The van der Waals surface area contributed by atoms with Gasteiger partial charge in [-0.2, -0.15) is 0 Å². The second-order valence-electron chi connectivity index (χ2n) is 5.81. The van der Waals surface area contributed by atoms with Crippen LogP contribution in [0.5, 0.6) is 0 Å². The minimum atomic E-state index is -3.51. The van der Waals surface area contributed by atoms with Crippen LogP contribution in [0.25, 0.3) is 0 Å². The Labute approximate surface area is 149 Å². The van der Waals surface area contributed by atoms with Crippen LogP contribution in [0.1, 0.15) is 18.4 Å². The van der Waals surface area contributed by atoms with Crippen molar-refractivity contribution < 1.29 is 13.2 Å². The molecule has 0 bridgehead atoms. The van der Waals surface area contributed by atoms with Crippen LogP contribution in [-0.4, -0.2) is 33.7 Å². The number of hydrogen-bond acceptors (Lipinski definition) is 3. The zero-order chi connectivity index (χ0) is 18.1. The fourth-order valence-electron chi connectivity index (χ4n) is 2.41. The number of carbonyl (C=O) groups excluding carboxylic acids is 1. The van der Waals surface area contributed by atoms with Gasteiger partial charge in [-0.15, -0.1) is 0 Å². The van der Waals surface area contributed by atoms with Crippen molar-refractivity contribution in [2.45, 2.75) is 19.3 Å². The van der Waals surface area contributed by atoms with Crippen molar-refractivity contribution in [1.29, 1.82) is 0 Å². The Balaban J connectivity index is 1.71. The maximum atomic E-state index is 12.3. The molecule has 0 saturated heterocycles. The smallest absolute Gasteiger partial charge is 0.235 e. The molecule has 2 aromatic carbocycles. The first-order valence-corrected chi connectivity index (χ1v) is 9.92. The van der Waals surface area contributed by atoms with Gasteiger partial charge in [0.25, 0.3) is 0 Å². The van der Waals surface area contributed by atoms with E-state index >= 15 is 0 Å². The van der Waals surface area contributed by atoms with E-state index in [1.165, 1.54) is 16.9 Å². The molecule has 1 N–H and O–H groups in total. The van der Waals surface area contributed by atoms with Gasteiger partial charge in [0.05, 0.1) is 11.4 Å². The molecule has 5 nitrogen and oxygen atoms in total. The molecule has 0 spiro atoms. The molecule has 0 heterocycles. The van der Waals surface area contributed by atoms with Gasteiger partial charge in [-0.25, -0.2) is 8.42 Å². The molecule has 1 amide bonds. The van der Waals surface area contributed by atoms with E-state index in [2.05, 4.69) is 5.32 Å². The first-order valence-electron chi connectivity index (χ1n) is 8.31. The van der Waals surface area contributed by atoms with Crippen LogP contribution >= 0.6 is 0 Å². The van der Waals surface area contributed by atoms with E-state index in [1.807, 2.05) is 36.4 Å². The van der Waals surface area contributed by atoms with Crippen LogP contribution in [0.2, 0.25) is 0 Å². The summed E-state index contributed by atoms with van der Waals surface area (Å²) in [5.41, 5.74) is 1.81. The summed E-state index contributed by atoms with van der Waals surface area (Å²) in [6.07, 6.45) is 1.67. The molecule has 6 heteroatoms. The number of para-hydroxylation sites is 1. The van der Waals surface area contributed by atoms with E-state index in [9.17, 15) is 13.2 Å². The van der Waals surface area contributed by atoms with Crippen molar-refractivity contribution >= 4 is 21.6 Å². The van der Waals surface area contributed by atoms with E-state index in [-0.39, 0.29) is 18.1 Å². The molecule has 25 heavy (non-hydrogen) atoms. The third-order valence-electron chi connectivity index (χ3n) is 3.93. The molecule has 0 unspecified atom stereocenters.